The van der Waals surface area contributed by atoms with E-state index in [0.717, 1.165) is 54.6 Å². The summed E-state index contributed by atoms with van der Waals surface area (Å²) in [5, 5.41) is 18.6. The molecule has 164 valence electrons. The Morgan fingerprint density at radius 3 is 1.89 bits per heavy atom. The fourth-order valence-electron chi connectivity index (χ4n) is 5.46. The summed E-state index contributed by atoms with van der Waals surface area (Å²) in [5.74, 6) is -0.267. The Morgan fingerprint density at radius 1 is 0.514 bits per heavy atom. The average molecular weight is 450 g/mol. The lowest BCUT2D eigenvalue weighted by Gasteiger charge is -2.20. The number of benzene rings is 7. The SMILES string of the molecule is [2H]c1c([2H])c(O)c2c(-c3cc4ccccc4c4ccccc34)c3ccccc3c(-c3ccccc3)c2c1[2H]. The van der Waals surface area contributed by atoms with Crippen LogP contribution in [0.5, 0.6) is 5.75 Å². The Bertz CT molecular complexity index is 2060. The Labute approximate surface area is 207 Å². The van der Waals surface area contributed by atoms with E-state index >= 15 is 0 Å². The van der Waals surface area contributed by atoms with Gasteiger partial charge in [-0.1, -0.05) is 115 Å². The molecule has 0 aliphatic rings. The molecule has 0 unspecified atom stereocenters. The summed E-state index contributed by atoms with van der Waals surface area (Å²) in [6.45, 7) is 0. The standard InChI is InChI=1S/C34H22O/c35-31-20-10-19-29-32(22-11-2-1-3-12-22)27-17-8-9-18-28(27)33(34(29)31)30-21-23-13-4-5-14-24(23)25-15-6-7-16-26(25)30/h1-21,35H/i10D,19D,20D. The molecule has 0 saturated carbocycles. The van der Waals surface area contributed by atoms with Crippen molar-refractivity contribution in [2.75, 3.05) is 0 Å². The molecular formula is C34H22O. The summed E-state index contributed by atoms with van der Waals surface area (Å²) in [4.78, 5) is 0. The largest absolute Gasteiger partial charge is 0.507 e. The Kier molecular flexibility index (Phi) is 3.73. The molecule has 0 aliphatic carbocycles. The van der Waals surface area contributed by atoms with E-state index in [1.54, 1.807) is 0 Å². The van der Waals surface area contributed by atoms with Crippen LogP contribution in [0.3, 0.4) is 0 Å². The van der Waals surface area contributed by atoms with Crippen molar-refractivity contribution in [3.63, 3.8) is 0 Å². The van der Waals surface area contributed by atoms with Crippen molar-refractivity contribution in [1.29, 1.82) is 0 Å². The summed E-state index contributed by atoms with van der Waals surface area (Å²) in [6, 6.07) is 35.8. The van der Waals surface area contributed by atoms with Crippen LogP contribution in [0, 0.1) is 0 Å². The Morgan fingerprint density at radius 2 is 1.11 bits per heavy atom. The first kappa shape index (κ1) is 16.9. The first-order valence-corrected chi connectivity index (χ1v) is 11.7. The van der Waals surface area contributed by atoms with Crippen LogP contribution in [0.25, 0.3) is 65.3 Å². The van der Waals surface area contributed by atoms with Gasteiger partial charge >= 0.3 is 0 Å². The predicted molar refractivity (Wildman–Crippen MR) is 149 cm³/mol. The first-order chi connectivity index (χ1) is 18.6. The van der Waals surface area contributed by atoms with Crippen molar-refractivity contribution in [3.8, 4) is 28.0 Å². The van der Waals surface area contributed by atoms with Crippen LogP contribution in [0.1, 0.15) is 4.11 Å². The van der Waals surface area contributed by atoms with Crippen LogP contribution in [-0.2, 0) is 0 Å². The molecule has 0 radical (unpaired) electrons. The minimum absolute atomic E-state index is 0.0567. The summed E-state index contributed by atoms with van der Waals surface area (Å²) in [6.07, 6.45) is 0. The lowest BCUT2D eigenvalue weighted by Crippen LogP contribution is -1.92. The van der Waals surface area contributed by atoms with Gasteiger partial charge in [0, 0.05) is 10.9 Å². The zero-order valence-corrected chi connectivity index (χ0v) is 18.8. The van der Waals surface area contributed by atoms with Crippen molar-refractivity contribution < 1.29 is 9.22 Å². The van der Waals surface area contributed by atoms with Crippen LogP contribution in [-0.4, -0.2) is 5.11 Å². The van der Waals surface area contributed by atoms with Crippen molar-refractivity contribution in [2.24, 2.45) is 0 Å². The maximum atomic E-state index is 11.5. The van der Waals surface area contributed by atoms with E-state index in [-0.39, 0.29) is 23.9 Å². The number of aromatic hydroxyl groups is 1. The van der Waals surface area contributed by atoms with Crippen LogP contribution in [0.4, 0.5) is 0 Å². The normalized spacial score (nSPS) is 12.7. The summed E-state index contributed by atoms with van der Waals surface area (Å²) in [7, 11) is 0. The summed E-state index contributed by atoms with van der Waals surface area (Å²) >= 11 is 0. The second-order valence-electron chi connectivity index (χ2n) is 8.83. The number of rotatable bonds is 2. The third-order valence-electron chi connectivity index (χ3n) is 6.92. The lowest BCUT2D eigenvalue weighted by molar-refractivity contribution is 0.482. The van der Waals surface area contributed by atoms with Crippen LogP contribution in [0.2, 0.25) is 0 Å². The lowest BCUT2D eigenvalue weighted by atomic mass is 9.83. The molecule has 1 heteroatoms. The second kappa shape index (κ2) is 7.72. The van der Waals surface area contributed by atoms with Gasteiger partial charge in [-0.15, -0.1) is 0 Å². The fraction of sp³-hybridized carbons (Fsp3) is 0. The molecule has 0 atom stereocenters. The molecule has 1 nitrogen and oxygen atoms in total. The van der Waals surface area contributed by atoms with E-state index < -0.39 is 0 Å². The number of hydrogen-bond acceptors (Lipinski definition) is 1. The van der Waals surface area contributed by atoms with E-state index in [1.165, 1.54) is 0 Å². The van der Waals surface area contributed by atoms with Crippen LogP contribution in [0.15, 0.2) is 127 Å². The van der Waals surface area contributed by atoms with Crippen LogP contribution < -0.4 is 0 Å². The molecule has 7 rings (SSSR count). The van der Waals surface area contributed by atoms with Gasteiger partial charge < -0.3 is 5.11 Å². The van der Waals surface area contributed by atoms with E-state index in [9.17, 15) is 5.11 Å². The zero-order chi connectivity index (χ0) is 26.0. The molecule has 0 spiro atoms. The number of phenolic OH excluding ortho intramolecular Hbond substituents is 1. The molecule has 1 N–H and O–H groups in total. The van der Waals surface area contributed by atoms with E-state index in [4.69, 9.17) is 4.11 Å². The minimum atomic E-state index is -0.330. The quantitative estimate of drug-likeness (QED) is 0.206. The molecule has 0 aliphatic heterocycles. The highest BCUT2D eigenvalue weighted by Crippen LogP contribution is 2.48. The number of hydrogen-bond donors (Lipinski definition) is 1. The highest BCUT2D eigenvalue weighted by Gasteiger charge is 2.20. The highest BCUT2D eigenvalue weighted by molar-refractivity contribution is 6.26. The van der Waals surface area contributed by atoms with Gasteiger partial charge in [-0.25, -0.2) is 0 Å². The second-order valence-corrected chi connectivity index (χ2v) is 8.83. The molecule has 0 saturated heterocycles. The van der Waals surface area contributed by atoms with E-state index in [2.05, 4.69) is 30.3 Å². The molecule has 0 bridgehead atoms. The van der Waals surface area contributed by atoms with Crippen molar-refractivity contribution >= 4 is 43.1 Å². The minimum Gasteiger partial charge on any atom is -0.507 e. The third-order valence-corrected chi connectivity index (χ3v) is 6.92. The van der Waals surface area contributed by atoms with Gasteiger partial charge in [0.2, 0.25) is 0 Å². The van der Waals surface area contributed by atoms with E-state index in [0.29, 0.717) is 10.8 Å². The summed E-state index contributed by atoms with van der Waals surface area (Å²) < 4.78 is 26.1. The maximum absolute atomic E-state index is 11.5. The van der Waals surface area contributed by atoms with Gasteiger partial charge in [-0.05, 0) is 66.5 Å². The fourth-order valence-corrected chi connectivity index (χ4v) is 5.46. The monoisotopic (exact) mass is 449 g/mol. The van der Waals surface area contributed by atoms with Gasteiger partial charge in [-0.3, -0.25) is 0 Å². The third kappa shape index (κ3) is 2.95. The zero-order valence-electron chi connectivity index (χ0n) is 21.8. The van der Waals surface area contributed by atoms with Gasteiger partial charge in [-0.2, -0.15) is 0 Å². The molecule has 0 amide bonds. The topological polar surface area (TPSA) is 20.2 Å². The maximum Gasteiger partial charge on any atom is 0.124 e. The van der Waals surface area contributed by atoms with Gasteiger partial charge in [0.05, 0.1) is 4.11 Å². The average Bonchev–Trinajstić information content (AvgIpc) is 2.97. The van der Waals surface area contributed by atoms with Gasteiger partial charge in [0.1, 0.15) is 5.75 Å². The molecular weight excluding hydrogens is 424 g/mol. The van der Waals surface area contributed by atoms with Gasteiger partial charge in [0.25, 0.3) is 0 Å². The van der Waals surface area contributed by atoms with Gasteiger partial charge in [0.15, 0.2) is 0 Å². The first-order valence-electron chi connectivity index (χ1n) is 13.2. The summed E-state index contributed by atoms with van der Waals surface area (Å²) in [5.41, 5.74) is 3.39. The molecule has 7 aromatic rings. The Hall–Kier alpha value is -4.62. The number of phenols is 1. The molecule has 7 aromatic carbocycles. The Balaban J connectivity index is 1.81. The van der Waals surface area contributed by atoms with Crippen molar-refractivity contribution in [2.45, 2.75) is 0 Å². The number of fused-ring (bicyclic) bond motifs is 5. The molecule has 0 aromatic heterocycles. The smallest absolute Gasteiger partial charge is 0.124 e. The predicted octanol–water partition coefficient (Wildman–Crippen LogP) is 9.34. The van der Waals surface area contributed by atoms with Crippen LogP contribution >= 0.6 is 0 Å². The highest BCUT2D eigenvalue weighted by atomic mass is 16.3. The van der Waals surface area contributed by atoms with Crippen molar-refractivity contribution in [3.05, 3.63) is 127 Å². The molecule has 35 heavy (non-hydrogen) atoms. The van der Waals surface area contributed by atoms with Crippen molar-refractivity contribution in [1.82, 2.24) is 0 Å². The van der Waals surface area contributed by atoms with E-state index in [1.807, 2.05) is 78.9 Å². The molecule has 0 fully saturated rings. The molecule has 0 heterocycles.